The van der Waals surface area contributed by atoms with Crippen LogP contribution in [0.4, 0.5) is 0 Å². The van der Waals surface area contributed by atoms with Gasteiger partial charge in [-0.2, -0.15) is 0 Å². The van der Waals surface area contributed by atoms with Gasteiger partial charge >= 0.3 is 7.12 Å². The predicted octanol–water partition coefficient (Wildman–Crippen LogP) is 4.41. The highest BCUT2D eigenvalue weighted by molar-refractivity contribution is 6.62. The van der Waals surface area contributed by atoms with Crippen molar-refractivity contribution in [2.45, 2.75) is 90.3 Å². The van der Waals surface area contributed by atoms with E-state index < -0.39 is 0 Å². The molecule has 5 rings (SSSR count). The molecular weight excluding hydrogens is 347 g/mol. The highest BCUT2D eigenvalue weighted by atomic mass is 16.7. The molecule has 2 unspecified atom stereocenters. The van der Waals surface area contributed by atoms with Gasteiger partial charge in [-0.3, -0.25) is 4.79 Å². The van der Waals surface area contributed by atoms with E-state index in [1.807, 2.05) is 0 Å². The van der Waals surface area contributed by atoms with Crippen LogP contribution in [0.3, 0.4) is 0 Å². The lowest BCUT2D eigenvalue weighted by Gasteiger charge is -2.48. The van der Waals surface area contributed by atoms with Crippen LogP contribution in [-0.4, -0.2) is 24.1 Å². The molecule has 2 saturated carbocycles. The third kappa shape index (κ3) is 2.53. The third-order valence-electron chi connectivity index (χ3n) is 8.99. The van der Waals surface area contributed by atoms with Gasteiger partial charge in [0.15, 0.2) is 0 Å². The molecule has 3 nitrogen and oxygen atoms in total. The van der Waals surface area contributed by atoms with Crippen molar-refractivity contribution >= 4 is 18.4 Å². The third-order valence-corrected chi connectivity index (χ3v) is 8.99. The van der Waals surface area contributed by atoms with Crippen LogP contribution in [0.15, 0.2) is 18.2 Å². The SMILES string of the molecule is CC12CC[C@@H]3c4ccc(B5OC(C)(C)C(C)(C)O5)cc4CCC3[C@@H]1CCC2=O. The zero-order valence-corrected chi connectivity index (χ0v) is 18.0. The molecule has 0 spiro atoms. The molecule has 1 saturated heterocycles. The molecular formula is C24H33BO3. The van der Waals surface area contributed by atoms with Crippen molar-refractivity contribution in [1.29, 1.82) is 0 Å². The van der Waals surface area contributed by atoms with E-state index in [0.717, 1.165) is 37.6 Å². The van der Waals surface area contributed by atoms with E-state index in [-0.39, 0.29) is 23.7 Å². The van der Waals surface area contributed by atoms with Crippen molar-refractivity contribution in [2.75, 3.05) is 0 Å². The summed E-state index contributed by atoms with van der Waals surface area (Å²) in [5, 5.41) is 0. The van der Waals surface area contributed by atoms with Crippen molar-refractivity contribution in [3.63, 3.8) is 0 Å². The Hall–Kier alpha value is -1.13. The quantitative estimate of drug-likeness (QED) is 0.677. The maximum absolute atomic E-state index is 12.5. The van der Waals surface area contributed by atoms with Crippen molar-refractivity contribution in [3.05, 3.63) is 29.3 Å². The number of hydrogen-bond acceptors (Lipinski definition) is 3. The van der Waals surface area contributed by atoms with Gasteiger partial charge < -0.3 is 9.31 Å². The number of benzene rings is 1. The molecule has 1 aromatic carbocycles. The molecule has 1 heterocycles. The first kappa shape index (κ1) is 18.9. The Morgan fingerprint density at radius 3 is 2.39 bits per heavy atom. The summed E-state index contributed by atoms with van der Waals surface area (Å²) in [7, 11) is -0.282. The van der Waals surface area contributed by atoms with Crippen LogP contribution in [0.5, 0.6) is 0 Å². The fourth-order valence-electron chi connectivity index (χ4n) is 6.50. The zero-order valence-electron chi connectivity index (χ0n) is 18.0. The van der Waals surface area contributed by atoms with Crippen molar-refractivity contribution < 1.29 is 14.1 Å². The second-order valence-electron chi connectivity index (χ2n) is 10.9. The molecule has 1 aromatic rings. The minimum absolute atomic E-state index is 0.0404. The van der Waals surface area contributed by atoms with Crippen molar-refractivity contribution in [1.82, 2.24) is 0 Å². The van der Waals surface area contributed by atoms with E-state index in [9.17, 15) is 4.79 Å². The van der Waals surface area contributed by atoms with E-state index in [0.29, 0.717) is 23.5 Å². The van der Waals surface area contributed by atoms with Crippen LogP contribution in [0.2, 0.25) is 0 Å². The molecule has 150 valence electrons. The average Bonchev–Trinajstić information content (AvgIpc) is 3.06. The normalized spacial score (nSPS) is 38.1. The number of carbonyl (C=O) groups is 1. The van der Waals surface area contributed by atoms with Gasteiger partial charge in [-0.1, -0.05) is 25.1 Å². The second-order valence-corrected chi connectivity index (χ2v) is 10.9. The highest BCUT2D eigenvalue weighted by Crippen LogP contribution is 2.59. The van der Waals surface area contributed by atoms with E-state index in [1.54, 1.807) is 0 Å². The van der Waals surface area contributed by atoms with Gasteiger partial charge in [0.25, 0.3) is 0 Å². The number of carbonyl (C=O) groups excluding carboxylic acids is 1. The highest BCUT2D eigenvalue weighted by Gasteiger charge is 2.55. The molecule has 0 bridgehead atoms. The minimum atomic E-state index is -0.304. The number of ketones is 1. The standard InChI is InChI=1S/C24H33BO3/c1-22(2)23(3,4)28-25(27-22)16-7-9-17-15(14-16)6-8-19-18(17)12-13-24(5)20(19)10-11-21(24)26/h7,9,14,18-20H,6,8,10-13H2,1-5H3/t18-,19?,20+,24?/m1/s1. The largest absolute Gasteiger partial charge is 0.494 e. The molecule has 3 aliphatic carbocycles. The van der Waals surface area contributed by atoms with Gasteiger partial charge in [0, 0.05) is 11.8 Å². The van der Waals surface area contributed by atoms with Gasteiger partial charge in [0.05, 0.1) is 11.2 Å². The lowest BCUT2D eigenvalue weighted by molar-refractivity contribution is -0.129. The Balaban J connectivity index is 1.42. The van der Waals surface area contributed by atoms with Crippen LogP contribution in [0.25, 0.3) is 0 Å². The van der Waals surface area contributed by atoms with Crippen molar-refractivity contribution in [3.8, 4) is 0 Å². The molecule has 1 aliphatic heterocycles. The first-order valence-electron chi connectivity index (χ1n) is 11.1. The molecule has 0 radical (unpaired) electrons. The molecule has 4 aliphatic rings. The number of hydrogen-bond donors (Lipinski definition) is 0. The van der Waals surface area contributed by atoms with E-state index in [4.69, 9.17) is 9.31 Å². The second kappa shape index (κ2) is 5.95. The summed E-state index contributed by atoms with van der Waals surface area (Å²) in [4.78, 5) is 12.5. The van der Waals surface area contributed by atoms with Crippen LogP contribution >= 0.6 is 0 Å². The predicted molar refractivity (Wildman–Crippen MR) is 112 cm³/mol. The summed E-state index contributed by atoms with van der Waals surface area (Å²) >= 11 is 0. The lowest BCUT2D eigenvalue weighted by atomic mass is 9.55. The van der Waals surface area contributed by atoms with Gasteiger partial charge in [-0.05, 0) is 94.1 Å². The first-order valence-corrected chi connectivity index (χ1v) is 11.1. The van der Waals surface area contributed by atoms with Crippen LogP contribution in [-0.2, 0) is 20.5 Å². The Morgan fingerprint density at radius 1 is 0.964 bits per heavy atom. The molecule has 0 N–H and O–H groups in total. The number of aryl methyl sites for hydroxylation is 1. The topological polar surface area (TPSA) is 35.5 Å². The molecule has 4 heteroatoms. The summed E-state index contributed by atoms with van der Waals surface area (Å²) in [6.07, 6.45) is 6.47. The average molecular weight is 380 g/mol. The Bertz CT molecular complexity index is 813. The van der Waals surface area contributed by atoms with Crippen molar-refractivity contribution in [2.24, 2.45) is 17.3 Å². The molecule has 28 heavy (non-hydrogen) atoms. The van der Waals surface area contributed by atoms with Gasteiger partial charge in [0.2, 0.25) is 0 Å². The maximum atomic E-state index is 12.5. The van der Waals surface area contributed by atoms with Gasteiger partial charge in [-0.25, -0.2) is 0 Å². The monoisotopic (exact) mass is 380 g/mol. The smallest absolute Gasteiger partial charge is 0.399 e. The summed E-state index contributed by atoms with van der Waals surface area (Å²) in [5.41, 5.74) is 3.50. The fraction of sp³-hybridized carbons (Fsp3) is 0.708. The van der Waals surface area contributed by atoms with E-state index in [2.05, 4.69) is 52.8 Å². The number of rotatable bonds is 1. The van der Waals surface area contributed by atoms with Crippen LogP contribution < -0.4 is 5.46 Å². The fourth-order valence-corrected chi connectivity index (χ4v) is 6.50. The zero-order chi connectivity index (χ0) is 19.9. The summed E-state index contributed by atoms with van der Waals surface area (Å²) in [5.74, 6) is 2.42. The van der Waals surface area contributed by atoms with Crippen LogP contribution in [0.1, 0.15) is 83.8 Å². The van der Waals surface area contributed by atoms with E-state index >= 15 is 0 Å². The maximum Gasteiger partial charge on any atom is 0.494 e. The number of fused-ring (bicyclic) bond motifs is 5. The van der Waals surface area contributed by atoms with Crippen LogP contribution in [0, 0.1) is 17.3 Å². The first-order chi connectivity index (χ1) is 13.1. The summed E-state index contributed by atoms with van der Waals surface area (Å²) in [6, 6.07) is 6.89. The molecule has 3 fully saturated rings. The summed E-state index contributed by atoms with van der Waals surface area (Å²) in [6.45, 7) is 10.7. The van der Waals surface area contributed by atoms with E-state index in [1.165, 1.54) is 17.5 Å². The Kier molecular flexibility index (Phi) is 4.01. The minimum Gasteiger partial charge on any atom is -0.399 e. The lowest BCUT2D eigenvalue weighted by Crippen LogP contribution is -2.43. The van der Waals surface area contributed by atoms with Gasteiger partial charge in [0.1, 0.15) is 5.78 Å². The number of Topliss-reactive ketones (excluding diaryl/α,β-unsaturated/α-hetero) is 1. The molecule has 4 atom stereocenters. The van der Waals surface area contributed by atoms with Gasteiger partial charge in [-0.15, -0.1) is 0 Å². The summed E-state index contributed by atoms with van der Waals surface area (Å²) < 4.78 is 12.5. The molecule has 0 amide bonds. The Morgan fingerprint density at radius 2 is 1.68 bits per heavy atom. The molecule has 0 aromatic heterocycles. The Labute approximate surface area is 169 Å².